The van der Waals surface area contributed by atoms with Gasteiger partial charge in [-0.3, -0.25) is 0 Å². The number of benzene rings is 1. The van der Waals surface area contributed by atoms with Crippen LogP contribution < -0.4 is 9.86 Å². The molecule has 0 bridgehead atoms. The van der Waals surface area contributed by atoms with Gasteiger partial charge in [0.15, 0.2) is 0 Å². The Balaban J connectivity index is 2.09. The van der Waals surface area contributed by atoms with E-state index in [4.69, 9.17) is 9.88 Å². The first kappa shape index (κ1) is 15.4. The SMILES string of the molecule is NS(=O)(=O)c1ccc(S(=O)(=O)NC[C@@H]2CCCO2)cc1. The topological polar surface area (TPSA) is 116 Å². The van der Waals surface area contributed by atoms with Crippen molar-refractivity contribution in [2.45, 2.75) is 28.7 Å². The van der Waals surface area contributed by atoms with Gasteiger partial charge in [0, 0.05) is 13.2 Å². The summed E-state index contributed by atoms with van der Waals surface area (Å²) in [6.45, 7) is 0.856. The molecule has 1 aliphatic rings. The van der Waals surface area contributed by atoms with Gasteiger partial charge in [0.2, 0.25) is 20.0 Å². The second-order valence-corrected chi connectivity index (χ2v) is 7.83. The summed E-state index contributed by atoms with van der Waals surface area (Å²) in [6, 6.07) is 4.74. The standard InChI is InChI=1S/C11H16N2O5S2/c12-19(14,15)10-3-5-11(6-4-10)20(16,17)13-8-9-2-1-7-18-9/h3-6,9,13H,1-2,7-8H2,(H2,12,14,15)/t9-/m0/s1. The summed E-state index contributed by atoms with van der Waals surface area (Å²) >= 11 is 0. The third kappa shape index (κ3) is 3.76. The number of hydrogen-bond donors (Lipinski definition) is 2. The van der Waals surface area contributed by atoms with E-state index in [1.807, 2.05) is 0 Å². The summed E-state index contributed by atoms with van der Waals surface area (Å²) in [7, 11) is -7.50. The molecule has 1 fully saturated rings. The molecule has 0 aliphatic carbocycles. The second-order valence-electron chi connectivity index (χ2n) is 4.50. The van der Waals surface area contributed by atoms with Gasteiger partial charge in [-0.2, -0.15) is 0 Å². The number of nitrogens with one attached hydrogen (secondary N) is 1. The lowest BCUT2D eigenvalue weighted by Gasteiger charge is -2.11. The van der Waals surface area contributed by atoms with Crippen LogP contribution in [0.4, 0.5) is 0 Å². The number of hydrogen-bond acceptors (Lipinski definition) is 5. The number of primary sulfonamides is 1. The zero-order chi connectivity index (χ0) is 14.8. The zero-order valence-corrected chi connectivity index (χ0v) is 12.3. The average molecular weight is 320 g/mol. The fourth-order valence-electron chi connectivity index (χ4n) is 1.90. The first-order chi connectivity index (χ1) is 9.29. The third-order valence-corrected chi connectivity index (χ3v) is 5.36. The normalized spacial score (nSPS) is 20.1. The molecule has 1 heterocycles. The molecule has 2 rings (SSSR count). The summed E-state index contributed by atoms with van der Waals surface area (Å²) in [6.07, 6.45) is 1.65. The van der Waals surface area contributed by atoms with Crippen LogP contribution in [0.2, 0.25) is 0 Å². The number of sulfonamides is 2. The molecule has 0 aromatic heterocycles. The maximum absolute atomic E-state index is 12.0. The van der Waals surface area contributed by atoms with Crippen LogP contribution in [0.25, 0.3) is 0 Å². The lowest BCUT2D eigenvalue weighted by molar-refractivity contribution is 0.114. The molecule has 0 amide bonds. The zero-order valence-electron chi connectivity index (χ0n) is 10.7. The van der Waals surface area contributed by atoms with Crippen LogP contribution >= 0.6 is 0 Å². The monoisotopic (exact) mass is 320 g/mol. The Labute approximate surface area is 118 Å². The molecule has 1 aliphatic heterocycles. The highest BCUT2D eigenvalue weighted by Gasteiger charge is 2.20. The van der Waals surface area contributed by atoms with Gasteiger partial charge in [0.05, 0.1) is 15.9 Å². The Morgan fingerprint density at radius 2 is 1.75 bits per heavy atom. The van der Waals surface area contributed by atoms with E-state index in [0.717, 1.165) is 25.0 Å². The number of ether oxygens (including phenoxy) is 1. The minimum Gasteiger partial charge on any atom is -0.377 e. The molecule has 0 saturated carbocycles. The van der Waals surface area contributed by atoms with E-state index in [-0.39, 0.29) is 22.4 Å². The highest BCUT2D eigenvalue weighted by Crippen LogP contribution is 2.15. The van der Waals surface area contributed by atoms with Gasteiger partial charge in [-0.05, 0) is 37.1 Å². The van der Waals surface area contributed by atoms with E-state index in [9.17, 15) is 16.8 Å². The summed E-state index contributed by atoms with van der Waals surface area (Å²) in [4.78, 5) is -0.140. The van der Waals surface area contributed by atoms with Gasteiger partial charge in [-0.25, -0.2) is 26.7 Å². The molecule has 9 heteroatoms. The van der Waals surface area contributed by atoms with Gasteiger partial charge in [-0.15, -0.1) is 0 Å². The molecule has 0 unspecified atom stereocenters. The van der Waals surface area contributed by atoms with E-state index in [1.165, 1.54) is 12.1 Å². The van der Waals surface area contributed by atoms with Crippen LogP contribution in [0, 0.1) is 0 Å². The highest BCUT2D eigenvalue weighted by atomic mass is 32.2. The van der Waals surface area contributed by atoms with Gasteiger partial charge in [0.25, 0.3) is 0 Å². The Kier molecular flexibility index (Phi) is 4.45. The summed E-state index contributed by atoms with van der Waals surface area (Å²) in [5.41, 5.74) is 0. The van der Waals surface area contributed by atoms with Crippen molar-refractivity contribution in [3.05, 3.63) is 24.3 Å². The molecule has 20 heavy (non-hydrogen) atoms. The van der Waals surface area contributed by atoms with E-state index >= 15 is 0 Å². The van der Waals surface area contributed by atoms with Crippen LogP contribution in [-0.2, 0) is 24.8 Å². The molecular formula is C11H16N2O5S2. The minimum absolute atomic E-state index is 0.0112. The van der Waals surface area contributed by atoms with Crippen molar-refractivity contribution in [2.75, 3.05) is 13.2 Å². The summed E-state index contributed by atoms with van der Waals surface area (Å²) in [5, 5.41) is 4.95. The van der Waals surface area contributed by atoms with Crippen molar-refractivity contribution in [1.29, 1.82) is 0 Å². The van der Waals surface area contributed by atoms with Crippen LogP contribution in [-0.4, -0.2) is 36.1 Å². The Morgan fingerprint density at radius 1 is 1.15 bits per heavy atom. The molecule has 1 saturated heterocycles. The second kappa shape index (κ2) is 5.78. The Hall–Kier alpha value is -1.00. The van der Waals surface area contributed by atoms with Crippen molar-refractivity contribution >= 4 is 20.0 Å². The fraction of sp³-hybridized carbons (Fsp3) is 0.455. The molecule has 112 valence electrons. The average Bonchev–Trinajstić information content (AvgIpc) is 2.89. The van der Waals surface area contributed by atoms with Gasteiger partial charge < -0.3 is 4.74 Å². The number of rotatable bonds is 5. The van der Waals surface area contributed by atoms with E-state index < -0.39 is 20.0 Å². The molecule has 0 radical (unpaired) electrons. The predicted molar refractivity (Wildman–Crippen MR) is 72.0 cm³/mol. The molecule has 1 aromatic rings. The fourth-order valence-corrected chi connectivity index (χ4v) is 3.48. The molecule has 1 atom stereocenters. The van der Waals surface area contributed by atoms with E-state index in [2.05, 4.69) is 4.72 Å². The first-order valence-electron chi connectivity index (χ1n) is 6.03. The summed E-state index contributed by atoms with van der Waals surface area (Å²) < 4.78 is 54.0. The molecule has 7 nitrogen and oxygen atoms in total. The van der Waals surface area contributed by atoms with Crippen molar-refractivity contribution in [3.8, 4) is 0 Å². The van der Waals surface area contributed by atoms with Crippen molar-refractivity contribution in [1.82, 2.24) is 4.72 Å². The Morgan fingerprint density at radius 3 is 2.25 bits per heavy atom. The highest BCUT2D eigenvalue weighted by molar-refractivity contribution is 7.89. The van der Waals surface area contributed by atoms with Crippen LogP contribution in [0.3, 0.4) is 0 Å². The van der Waals surface area contributed by atoms with E-state index in [0.29, 0.717) is 6.61 Å². The first-order valence-corrected chi connectivity index (χ1v) is 9.06. The predicted octanol–water partition coefficient (Wildman–Crippen LogP) is -0.209. The van der Waals surface area contributed by atoms with Gasteiger partial charge >= 0.3 is 0 Å². The van der Waals surface area contributed by atoms with Crippen LogP contribution in [0.15, 0.2) is 34.1 Å². The van der Waals surface area contributed by atoms with Crippen molar-refractivity contribution in [2.24, 2.45) is 5.14 Å². The maximum Gasteiger partial charge on any atom is 0.240 e. The molecule has 1 aromatic carbocycles. The lowest BCUT2D eigenvalue weighted by Crippen LogP contribution is -2.31. The molecular weight excluding hydrogens is 304 g/mol. The van der Waals surface area contributed by atoms with Gasteiger partial charge in [-0.1, -0.05) is 0 Å². The smallest absolute Gasteiger partial charge is 0.240 e. The van der Waals surface area contributed by atoms with E-state index in [1.54, 1.807) is 0 Å². The molecule has 0 spiro atoms. The minimum atomic E-state index is -3.83. The van der Waals surface area contributed by atoms with Gasteiger partial charge in [0.1, 0.15) is 0 Å². The van der Waals surface area contributed by atoms with Crippen molar-refractivity contribution < 1.29 is 21.6 Å². The third-order valence-electron chi connectivity index (χ3n) is 2.99. The van der Waals surface area contributed by atoms with Crippen LogP contribution in [0.5, 0.6) is 0 Å². The summed E-state index contributed by atoms with van der Waals surface area (Å²) in [5.74, 6) is 0. The largest absolute Gasteiger partial charge is 0.377 e. The lowest BCUT2D eigenvalue weighted by atomic mass is 10.2. The van der Waals surface area contributed by atoms with Crippen molar-refractivity contribution in [3.63, 3.8) is 0 Å². The molecule has 3 N–H and O–H groups in total. The maximum atomic E-state index is 12.0. The van der Waals surface area contributed by atoms with Crippen LogP contribution in [0.1, 0.15) is 12.8 Å². The quantitative estimate of drug-likeness (QED) is 0.779. The Bertz CT molecular complexity index is 661. The number of nitrogens with two attached hydrogens (primary N) is 1.